The number of thioether (sulfide) groups is 1. The first-order valence-electron chi connectivity index (χ1n) is 5.98. The van der Waals surface area contributed by atoms with Gasteiger partial charge in [0.1, 0.15) is 11.6 Å². The number of hydrogen-bond acceptors (Lipinski definition) is 2. The second kappa shape index (κ2) is 6.36. The minimum absolute atomic E-state index is 0.151. The van der Waals surface area contributed by atoms with Crippen LogP contribution in [0.4, 0.5) is 8.78 Å². The van der Waals surface area contributed by atoms with Crippen molar-refractivity contribution in [1.82, 2.24) is 5.32 Å². The average Bonchev–Trinajstić information content (AvgIpc) is 2.34. The normalized spacial score (nSPS) is 17.3. The Labute approximate surface area is 105 Å². The summed E-state index contributed by atoms with van der Waals surface area (Å²) < 4.78 is 26.7. The lowest BCUT2D eigenvalue weighted by Gasteiger charge is -2.21. The standard InChI is InChI=1S/C13H17F2NS/c14-12-2-1-3-13(15)11(12)9-16-8-10-4-6-17-7-5-10/h1-3,10,16H,4-9H2. The van der Waals surface area contributed by atoms with Gasteiger partial charge in [0.05, 0.1) is 0 Å². The molecule has 1 N–H and O–H groups in total. The van der Waals surface area contributed by atoms with Gasteiger partial charge in [-0.15, -0.1) is 0 Å². The topological polar surface area (TPSA) is 12.0 Å². The van der Waals surface area contributed by atoms with Crippen LogP contribution in [0.25, 0.3) is 0 Å². The highest BCUT2D eigenvalue weighted by molar-refractivity contribution is 7.99. The van der Waals surface area contributed by atoms with Crippen LogP contribution in [0, 0.1) is 17.6 Å². The van der Waals surface area contributed by atoms with Crippen molar-refractivity contribution in [2.75, 3.05) is 18.1 Å². The molecule has 0 spiro atoms. The van der Waals surface area contributed by atoms with E-state index in [2.05, 4.69) is 5.32 Å². The molecule has 1 saturated heterocycles. The summed E-state index contributed by atoms with van der Waals surface area (Å²) in [7, 11) is 0. The number of hydrogen-bond donors (Lipinski definition) is 1. The predicted molar refractivity (Wildman–Crippen MR) is 68.1 cm³/mol. The van der Waals surface area contributed by atoms with Crippen molar-refractivity contribution in [2.24, 2.45) is 5.92 Å². The zero-order valence-corrected chi connectivity index (χ0v) is 10.5. The molecule has 0 bridgehead atoms. The molecule has 1 aliphatic rings. The van der Waals surface area contributed by atoms with Crippen molar-refractivity contribution in [2.45, 2.75) is 19.4 Å². The fourth-order valence-corrected chi connectivity index (χ4v) is 3.26. The highest BCUT2D eigenvalue weighted by atomic mass is 32.2. The molecule has 0 aliphatic carbocycles. The highest BCUT2D eigenvalue weighted by Crippen LogP contribution is 2.22. The quantitative estimate of drug-likeness (QED) is 0.889. The van der Waals surface area contributed by atoms with E-state index >= 15 is 0 Å². The first-order valence-corrected chi connectivity index (χ1v) is 7.14. The fourth-order valence-electron chi connectivity index (χ4n) is 2.05. The van der Waals surface area contributed by atoms with Crippen LogP contribution >= 0.6 is 11.8 Å². The Balaban J connectivity index is 1.81. The predicted octanol–water partition coefficient (Wildman–Crippen LogP) is 3.20. The Morgan fingerprint density at radius 2 is 1.82 bits per heavy atom. The lowest BCUT2D eigenvalue weighted by molar-refractivity contribution is 0.439. The molecule has 1 fully saturated rings. The summed E-state index contributed by atoms with van der Waals surface area (Å²) in [5.41, 5.74) is 0.151. The maximum absolute atomic E-state index is 13.3. The first kappa shape index (κ1) is 12.8. The van der Waals surface area contributed by atoms with E-state index in [0.29, 0.717) is 5.92 Å². The van der Waals surface area contributed by atoms with Crippen molar-refractivity contribution in [1.29, 1.82) is 0 Å². The van der Waals surface area contributed by atoms with Crippen molar-refractivity contribution in [3.05, 3.63) is 35.4 Å². The summed E-state index contributed by atoms with van der Waals surface area (Å²) in [6, 6.07) is 4.00. The van der Waals surface area contributed by atoms with E-state index in [1.54, 1.807) is 0 Å². The van der Waals surface area contributed by atoms with Gasteiger partial charge >= 0.3 is 0 Å². The summed E-state index contributed by atoms with van der Waals surface area (Å²) in [5, 5.41) is 3.16. The monoisotopic (exact) mass is 257 g/mol. The van der Waals surface area contributed by atoms with Gasteiger partial charge < -0.3 is 5.32 Å². The molecule has 0 saturated carbocycles. The molecule has 4 heteroatoms. The minimum Gasteiger partial charge on any atom is -0.312 e. The van der Waals surface area contributed by atoms with Gasteiger partial charge in [0, 0.05) is 12.1 Å². The number of benzene rings is 1. The third-order valence-electron chi connectivity index (χ3n) is 3.14. The van der Waals surface area contributed by atoms with E-state index in [9.17, 15) is 8.78 Å². The summed E-state index contributed by atoms with van der Waals surface area (Å²) in [6.07, 6.45) is 2.41. The Bertz CT molecular complexity index is 344. The summed E-state index contributed by atoms with van der Waals surface area (Å²) in [6.45, 7) is 1.14. The first-order chi connectivity index (χ1) is 8.27. The lowest BCUT2D eigenvalue weighted by Crippen LogP contribution is -2.26. The largest absolute Gasteiger partial charge is 0.312 e. The van der Waals surface area contributed by atoms with Crippen LogP contribution in [0.1, 0.15) is 18.4 Å². The molecule has 0 amide bonds. The molecule has 0 unspecified atom stereocenters. The SMILES string of the molecule is Fc1cccc(F)c1CNCC1CCSCC1. The van der Waals surface area contributed by atoms with E-state index in [1.165, 1.54) is 42.5 Å². The van der Waals surface area contributed by atoms with E-state index < -0.39 is 11.6 Å². The van der Waals surface area contributed by atoms with Crippen LogP contribution < -0.4 is 5.32 Å². The number of rotatable bonds is 4. The maximum atomic E-state index is 13.3. The van der Waals surface area contributed by atoms with Gasteiger partial charge in [-0.2, -0.15) is 11.8 Å². The fraction of sp³-hybridized carbons (Fsp3) is 0.538. The third kappa shape index (κ3) is 3.68. The number of halogens is 2. The molecular formula is C13H17F2NS. The summed E-state index contributed by atoms with van der Waals surface area (Å²) in [4.78, 5) is 0. The van der Waals surface area contributed by atoms with Crippen molar-refractivity contribution >= 4 is 11.8 Å². The zero-order valence-electron chi connectivity index (χ0n) is 9.72. The molecule has 1 aromatic rings. The smallest absolute Gasteiger partial charge is 0.130 e. The lowest BCUT2D eigenvalue weighted by atomic mass is 10.0. The van der Waals surface area contributed by atoms with Crippen LogP contribution in [-0.4, -0.2) is 18.1 Å². The van der Waals surface area contributed by atoms with E-state index in [4.69, 9.17) is 0 Å². The van der Waals surface area contributed by atoms with Gasteiger partial charge in [0.2, 0.25) is 0 Å². The summed E-state index contributed by atoms with van der Waals surface area (Å²) >= 11 is 1.99. The molecular weight excluding hydrogens is 240 g/mol. The van der Waals surface area contributed by atoms with Gasteiger partial charge in [-0.3, -0.25) is 0 Å². The van der Waals surface area contributed by atoms with Crippen LogP contribution in [0.15, 0.2) is 18.2 Å². The van der Waals surface area contributed by atoms with Gasteiger partial charge in [0.25, 0.3) is 0 Å². The molecule has 1 aromatic carbocycles. The third-order valence-corrected chi connectivity index (χ3v) is 4.19. The zero-order chi connectivity index (χ0) is 12.1. The van der Waals surface area contributed by atoms with E-state index in [1.807, 2.05) is 11.8 Å². The molecule has 94 valence electrons. The Kier molecular flexibility index (Phi) is 4.80. The molecule has 1 heterocycles. The van der Waals surface area contributed by atoms with Crippen LogP contribution in [0.3, 0.4) is 0 Å². The van der Waals surface area contributed by atoms with Gasteiger partial charge in [-0.25, -0.2) is 8.78 Å². The van der Waals surface area contributed by atoms with Crippen LogP contribution in [0.2, 0.25) is 0 Å². The van der Waals surface area contributed by atoms with Crippen molar-refractivity contribution < 1.29 is 8.78 Å². The molecule has 1 aliphatic heterocycles. The van der Waals surface area contributed by atoms with E-state index in [-0.39, 0.29) is 12.1 Å². The Morgan fingerprint density at radius 3 is 2.47 bits per heavy atom. The van der Waals surface area contributed by atoms with Crippen LogP contribution in [-0.2, 0) is 6.54 Å². The van der Waals surface area contributed by atoms with Crippen LogP contribution in [0.5, 0.6) is 0 Å². The van der Waals surface area contributed by atoms with Crippen molar-refractivity contribution in [3.63, 3.8) is 0 Å². The molecule has 0 atom stereocenters. The average molecular weight is 257 g/mol. The molecule has 2 rings (SSSR count). The number of nitrogens with one attached hydrogen (secondary N) is 1. The molecule has 17 heavy (non-hydrogen) atoms. The molecule has 0 radical (unpaired) electrons. The highest BCUT2D eigenvalue weighted by Gasteiger charge is 2.14. The Hall–Kier alpha value is -0.610. The summed E-state index contributed by atoms with van der Waals surface area (Å²) in [5.74, 6) is 2.15. The van der Waals surface area contributed by atoms with Gasteiger partial charge in [-0.05, 0) is 48.9 Å². The Morgan fingerprint density at radius 1 is 1.18 bits per heavy atom. The van der Waals surface area contributed by atoms with E-state index in [0.717, 1.165) is 6.54 Å². The second-order valence-electron chi connectivity index (χ2n) is 4.39. The second-order valence-corrected chi connectivity index (χ2v) is 5.61. The molecule has 0 aromatic heterocycles. The van der Waals surface area contributed by atoms with Gasteiger partial charge in [0.15, 0.2) is 0 Å². The minimum atomic E-state index is -0.461. The van der Waals surface area contributed by atoms with Gasteiger partial charge in [-0.1, -0.05) is 6.07 Å². The molecule has 1 nitrogen and oxygen atoms in total. The van der Waals surface area contributed by atoms with Crippen molar-refractivity contribution in [3.8, 4) is 0 Å². The maximum Gasteiger partial charge on any atom is 0.130 e.